The molecule has 0 aliphatic carbocycles. The highest BCUT2D eigenvalue weighted by atomic mass is 16.5. The minimum Gasteiger partial charge on any atom is -0.367 e. The predicted octanol–water partition coefficient (Wildman–Crippen LogP) is 3.16. The third kappa shape index (κ3) is 5.88. The maximum atomic E-state index is 12.0. The van der Waals surface area contributed by atoms with Crippen LogP contribution in [0.15, 0.2) is 24.3 Å². The van der Waals surface area contributed by atoms with E-state index in [-0.39, 0.29) is 12.5 Å². The highest BCUT2D eigenvalue weighted by molar-refractivity contribution is 5.77. The normalized spacial score (nSPS) is 10.5. The van der Waals surface area contributed by atoms with Gasteiger partial charge in [-0.2, -0.15) is 0 Å². The summed E-state index contributed by atoms with van der Waals surface area (Å²) in [4.78, 5) is 13.9. The third-order valence-corrected chi connectivity index (χ3v) is 2.95. The molecule has 1 aromatic carbocycles. The summed E-state index contributed by atoms with van der Waals surface area (Å²) in [5.41, 5.74) is 2.34. The lowest BCUT2D eigenvalue weighted by atomic mass is 10.2. The minimum atomic E-state index is 0.0933. The first-order chi connectivity index (χ1) is 9.17. The van der Waals surface area contributed by atoms with Crippen LogP contribution < -0.4 is 0 Å². The van der Waals surface area contributed by atoms with Crippen LogP contribution in [0.25, 0.3) is 0 Å². The van der Waals surface area contributed by atoms with Crippen molar-refractivity contribution in [1.29, 1.82) is 0 Å². The van der Waals surface area contributed by atoms with Gasteiger partial charge >= 0.3 is 0 Å². The van der Waals surface area contributed by atoms with Crippen molar-refractivity contribution in [2.24, 2.45) is 0 Å². The number of rotatable bonds is 8. The number of nitrogens with zero attached hydrogens (tertiary/aromatic N) is 1. The van der Waals surface area contributed by atoms with Crippen molar-refractivity contribution in [3.05, 3.63) is 35.4 Å². The maximum Gasteiger partial charge on any atom is 0.248 e. The molecule has 0 saturated carbocycles. The zero-order valence-corrected chi connectivity index (χ0v) is 12.3. The number of aryl methyl sites for hydroxylation is 1. The standard InChI is InChI=1S/C16H25NO2/c1-4-10-17(11-5-2)16(18)13-19-12-15-8-6-14(3)7-9-15/h6-9H,4-5,10-13H2,1-3H3. The number of carbonyl (C=O) groups is 1. The molecular formula is C16H25NO2. The molecular weight excluding hydrogens is 238 g/mol. The highest BCUT2D eigenvalue weighted by Gasteiger charge is 2.11. The lowest BCUT2D eigenvalue weighted by Gasteiger charge is -2.21. The van der Waals surface area contributed by atoms with Crippen molar-refractivity contribution >= 4 is 5.91 Å². The Hall–Kier alpha value is -1.35. The molecule has 3 heteroatoms. The van der Waals surface area contributed by atoms with E-state index in [4.69, 9.17) is 4.74 Å². The third-order valence-electron chi connectivity index (χ3n) is 2.95. The number of benzene rings is 1. The fourth-order valence-electron chi connectivity index (χ4n) is 1.93. The van der Waals surface area contributed by atoms with Gasteiger partial charge in [0.2, 0.25) is 5.91 Å². The van der Waals surface area contributed by atoms with Gasteiger partial charge in [-0.25, -0.2) is 0 Å². The number of carbonyl (C=O) groups excluding carboxylic acids is 1. The first-order valence-corrected chi connectivity index (χ1v) is 7.08. The number of ether oxygens (including phenoxy) is 1. The van der Waals surface area contributed by atoms with Crippen LogP contribution in [0.3, 0.4) is 0 Å². The van der Waals surface area contributed by atoms with Crippen LogP contribution in [0, 0.1) is 6.92 Å². The zero-order chi connectivity index (χ0) is 14.1. The van der Waals surface area contributed by atoms with Gasteiger partial charge in [0.1, 0.15) is 6.61 Å². The average molecular weight is 263 g/mol. The maximum absolute atomic E-state index is 12.0. The molecule has 0 saturated heterocycles. The van der Waals surface area contributed by atoms with E-state index >= 15 is 0 Å². The Bertz CT molecular complexity index is 367. The molecule has 19 heavy (non-hydrogen) atoms. The van der Waals surface area contributed by atoms with E-state index in [0.29, 0.717) is 6.61 Å². The van der Waals surface area contributed by atoms with E-state index in [1.54, 1.807) is 0 Å². The second-order valence-electron chi connectivity index (χ2n) is 4.86. The second-order valence-corrected chi connectivity index (χ2v) is 4.86. The zero-order valence-electron chi connectivity index (χ0n) is 12.3. The van der Waals surface area contributed by atoms with Crippen molar-refractivity contribution in [3.8, 4) is 0 Å². The monoisotopic (exact) mass is 263 g/mol. The Balaban J connectivity index is 2.34. The van der Waals surface area contributed by atoms with Crippen LogP contribution in [0.2, 0.25) is 0 Å². The summed E-state index contributed by atoms with van der Waals surface area (Å²) in [6, 6.07) is 8.19. The van der Waals surface area contributed by atoms with Gasteiger partial charge < -0.3 is 9.64 Å². The second kappa shape index (κ2) is 8.70. The van der Waals surface area contributed by atoms with Crippen molar-refractivity contribution in [2.45, 2.75) is 40.2 Å². The molecule has 1 amide bonds. The van der Waals surface area contributed by atoms with Gasteiger partial charge in [0.05, 0.1) is 6.61 Å². The lowest BCUT2D eigenvalue weighted by molar-refractivity contribution is -0.136. The van der Waals surface area contributed by atoms with Crippen LogP contribution in [-0.2, 0) is 16.1 Å². The SMILES string of the molecule is CCCN(CCC)C(=O)COCc1ccc(C)cc1. The molecule has 0 spiro atoms. The Labute approximate surface area is 116 Å². The average Bonchev–Trinajstić information content (AvgIpc) is 2.40. The van der Waals surface area contributed by atoms with Crippen LogP contribution >= 0.6 is 0 Å². The van der Waals surface area contributed by atoms with Crippen molar-refractivity contribution in [3.63, 3.8) is 0 Å². The van der Waals surface area contributed by atoms with Crippen molar-refractivity contribution < 1.29 is 9.53 Å². The topological polar surface area (TPSA) is 29.5 Å². The Morgan fingerprint density at radius 1 is 1.11 bits per heavy atom. The van der Waals surface area contributed by atoms with E-state index in [0.717, 1.165) is 31.5 Å². The molecule has 0 heterocycles. The summed E-state index contributed by atoms with van der Waals surface area (Å²) >= 11 is 0. The predicted molar refractivity (Wildman–Crippen MR) is 78.0 cm³/mol. The molecule has 0 aromatic heterocycles. The summed E-state index contributed by atoms with van der Waals surface area (Å²) in [5.74, 6) is 0.0933. The molecule has 106 valence electrons. The van der Waals surface area contributed by atoms with Gasteiger partial charge in [-0.05, 0) is 25.3 Å². The Kier molecular flexibility index (Phi) is 7.19. The van der Waals surface area contributed by atoms with Gasteiger partial charge in [-0.15, -0.1) is 0 Å². The molecule has 0 unspecified atom stereocenters. The Morgan fingerprint density at radius 2 is 1.68 bits per heavy atom. The van der Waals surface area contributed by atoms with Crippen LogP contribution in [0.4, 0.5) is 0 Å². The number of amides is 1. The van der Waals surface area contributed by atoms with E-state index in [9.17, 15) is 4.79 Å². The molecule has 3 nitrogen and oxygen atoms in total. The molecule has 1 rings (SSSR count). The quantitative estimate of drug-likeness (QED) is 0.721. The molecule has 1 aromatic rings. The largest absolute Gasteiger partial charge is 0.367 e. The fraction of sp³-hybridized carbons (Fsp3) is 0.562. The van der Waals surface area contributed by atoms with Crippen molar-refractivity contribution in [2.75, 3.05) is 19.7 Å². The molecule has 0 aliphatic rings. The van der Waals surface area contributed by atoms with Gasteiger partial charge in [0.25, 0.3) is 0 Å². The van der Waals surface area contributed by atoms with Gasteiger partial charge in [0, 0.05) is 13.1 Å². The van der Waals surface area contributed by atoms with Gasteiger partial charge in [-0.1, -0.05) is 43.7 Å². The summed E-state index contributed by atoms with van der Waals surface area (Å²) in [7, 11) is 0. The van der Waals surface area contributed by atoms with Crippen LogP contribution in [0.1, 0.15) is 37.8 Å². The fourth-order valence-corrected chi connectivity index (χ4v) is 1.93. The number of hydrogen-bond acceptors (Lipinski definition) is 2. The van der Waals surface area contributed by atoms with E-state index in [2.05, 4.69) is 32.9 Å². The molecule has 0 N–H and O–H groups in total. The molecule has 0 aliphatic heterocycles. The van der Waals surface area contributed by atoms with Crippen molar-refractivity contribution in [1.82, 2.24) is 4.90 Å². The van der Waals surface area contributed by atoms with Gasteiger partial charge in [-0.3, -0.25) is 4.79 Å². The first-order valence-electron chi connectivity index (χ1n) is 7.08. The highest BCUT2D eigenvalue weighted by Crippen LogP contribution is 2.05. The summed E-state index contributed by atoms with van der Waals surface area (Å²) in [5, 5.41) is 0. The summed E-state index contributed by atoms with van der Waals surface area (Å²) in [6.45, 7) is 8.54. The van der Waals surface area contributed by atoms with Crippen LogP contribution in [-0.4, -0.2) is 30.5 Å². The smallest absolute Gasteiger partial charge is 0.248 e. The summed E-state index contributed by atoms with van der Waals surface area (Å²) in [6.07, 6.45) is 1.98. The summed E-state index contributed by atoms with van der Waals surface area (Å²) < 4.78 is 5.50. The molecule has 0 atom stereocenters. The Morgan fingerprint density at radius 3 is 2.21 bits per heavy atom. The lowest BCUT2D eigenvalue weighted by Crippen LogP contribution is -2.35. The molecule has 0 bridgehead atoms. The van der Waals surface area contributed by atoms with E-state index < -0.39 is 0 Å². The minimum absolute atomic E-state index is 0.0933. The molecule has 0 fully saturated rings. The van der Waals surface area contributed by atoms with Crippen LogP contribution in [0.5, 0.6) is 0 Å². The van der Waals surface area contributed by atoms with Gasteiger partial charge in [0.15, 0.2) is 0 Å². The van der Waals surface area contributed by atoms with E-state index in [1.165, 1.54) is 5.56 Å². The van der Waals surface area contributed by atoms with E-state index in [1.807, 2.05) is 17.0 Å². The first kappa shape index (κ1) is 15.7. The number of hydrogen-bond donors (Lipinski definition) is 0. The molecule has 0 radical (unpaired) electrons.